The Hall–Kier alpha value is -2.25. The number of nitrogens with zero attached hydrogens (tertiary/aromatic N) is 2. The normalized spacial score (nSPS) is 15.8. The summed E-state index contributed by atoms with van der Waals surface area (Å²) in [7, 11) is 0. The van der Waals surface area contributed by atoms with Crippen molar-refractivity contribution in [2.45, 2.75) is 25.7 Å². The fourth-order valence-corrected chi connectivity index (χ4v) is 2.73. The lowest BCUT2D eigenvalue weighted by molar-refractivity contribution is -0.385. The summed E-state index contributed by atoms with van der Waals surface area (Å²) in [6.07, 6.45) is 1.92. The van der Waals surface area contributed by atoms with Gasteiger partial charge >= 0.3 is 5.97 Å². The molecule has 8 heteroatoms. The number of benzene rings is 1. The van der Waals surface area contributed by atoms with E-state index in [0.29, 0.717) is 32.4 Å². The molecule has 0 bridgehead atoms. The van der Waals surface area contributed by atoms with E-state index in [2.05, 4.69) is 0 Å². The topological polar surface area (TPSA) is 83.7 Å². The Kier molecular flexibility index (Phi) is 4.89. The molecule has 1 N–H and O–H groups in total. The number of nitro groups is 1. The molecule has 0 unspecified atom stereocenters. The van der Waals surface area contributed by atoms with E-state index in [9.17, 15) is 23.7 Å². The van der Waals surface area contributed by atoms with Gasteiger partial charge in [0.15, 0.2) is 11.6 Å². The van der Waals surface area contributed by atoms with Crippen LogP contribution in [0.5, 0.6) is 0 Å². The van der Waals surface area contributed by atoms with Gasteiger partial charge in [-0.2, -0.15) is 0 Å². The van der Waals surface area contributed by atoms with Crippen molar-refractivity contribution < 1.29 is 23.6 Å². The molecule has 2 rings (SSSR count). The molecule has 6 nitrogen and oxygen atoms in total. The van der Waals surface area contributed by atoms with Crippen LogP contribution in [0.4, 0.5) is 20.2 Å². The first kappa shape index (κ1) is 16.1. The number of carboxylic acids is 1. The van der Waals surface area contributed by atoms with Crippen molar-refractivity contribution >= 4 is 17.3 Å². The minimum absolute atomic E-state index is 0.0882. The van der Waals surface area contributed by atoms with Crippen LogP contribution < -0.4 is 4.90 Å². The number of nitro benzene ring substituents is 1. The van der Waals surface area contributed by atoms with Gasteiger partial charge < -0.3 is 10.0 Å². The summed E-state index contributed by atoms with van der Waals surface area (Å²) >= 11 is 0. The Morgan fingerprint density at radius 3 is 2.32 bits per heavy atom. The van der Waals surface area contributed by atoms with E-state index in [0.717, 1.165) is 12.1 Å². The van der Waals surface area contributed by atoms with Gasteiger partial charge in [-0.15, -0.1) is 0 Å². The van der Waals surface area contributed by atoms with Gasteiger partial charge in [-0.1, -0.05) is 0 Å². The lowest BCUT2D eigenvalue weighted by atomic mass is 9.92. The molecule has 22 heavy (non-hydrogen) atoms. The smallest absolute Gasteiger partial charge is 0.303 e. The highest BCUT2D eigenvalue weighted by Crippen LogP contribution is 2.32. The van der Waals surface area contributed by atoms with Crippen LogP contribution >= 0.6 is 0 Å². The van der Waals surface area contributed by atoms with Gasteiger partial charge in [0.25, 0.3) is 5.69 Å². The van der Waals surface area contributed by atoms with Crippen LogP contribution in [-0.4, -0.2) is 29.1 Å². The average Bonchev–Trinajstić information content (AvgIpc) is 2.45. The van der Waals surface area contributed by atoms with E-state index in [-0.39, 0.29) is 18.0 Å². The highest BCUT2D eigenvalue weighted by molar-refractivity contribution is 5.66. The summed E-state index contributed by atoms with van der Waals surface area (Å²) in [5.74, 6) is -2.53. The molecule has 1 aromatic carbocycles. The first-order valence-electron chi connectivity index (χ1n) is 6.98. The van der Waals surface area contributed by atoms with Gasteiger partial charge in [0, 0.05) is 19.5 Å². The Balaban J connectivity index is 2.05. The van der Waals surface area contributed by atoms with E-state index < -0.39 is 28.2 Å². The van der Waals surface area contributed by atoms with Crippen molar-refractivity contribution in [1.82, 2.24) is 0 Å². The summed E-state index contributed by atoms with van der Waals surface area (Å²) in [5.41, 5.74) is -0.864. The largest absolute Gasteiger partial charge is 0.481 e. The van der Waals surface area contributed by atoms with Crippen LogP contribution in [-0.2, 0) is 4.79 Å². The highest BCUT2D eigenvalue weighted by atomic mass is 19.1. The molecule has 0 spiro atoms. The third-order valence-electron chi connectivity index (χ3n) is 3.91. The maximum atomic E-state index is 13.9. The zero-order valence-electron chi connectivity index (χ0n) is 11.8. The number of hydrogen-bond donors (Lipinski definition) is 1. The molecule has 1 fully saturated rings. The number of rotatable bonds is 5. The number of hydrogen-bond acceptors (Lipinski definition) is 4. The van der Waals surface area contributed by atoms with E-state index >= 15 is 0 Å². The second-order valence-corrected chi connectivity index (χ2v) is 5.38. The molecule has 1 heterocycles. The molecule has 1 saturated heterocycles. The van der Waals surface area contributed by atoms with Crippen LogP contribution in [0.15, 0.2) is 12.1 Å². The fourth-order valence-electron chi connectivity index (χ4n) is 2.73. The third-order valence-corrected chi connectivity index (χ3v) is 3.91. The van der Waals surface area contributed by atoms with Crippen LogP contribution in [0, 0.1) is 27.7 Å². The van der Waals surface area contributed by atoms with E-state index in [4.69, 9.17) is 5.11 Å². The minimum Gasteiger partial charge on any atom is -0.481 e. The molecular formula is C14H16F2N2O4. The standard InChI is InChI=1S/C14H16F2N2O4/c15-11-7-10(18(21)22)8-12(16)14(11)17-5-3-9(4-6-17)1-2-13(19)20/h7-9H,1-6H2,(H,19,20). The Morgan fingerprint density at radius 2 is 1.86 bits per heavy atom. The molecule has 0 amide bonds. The number of carboxylic acid groups (broad SMARTS) is 1. The highest BCUT2D eigenvalue weighted by Gasteiger charge is 2.26. The molecule has 120 valence electrons. The maximum Gasteiger partial charge on any atom is 0.303 e. The first-order valence-corrected chi connectivity index (χ1v) is 6.98. The fraction of sp³-hybridized carbons (Fsp3) is 0.500. The summed E-state index contributed by atoms with van der Waals surface area (Å²) in [6.45, 7) is 0.797. The second kappa shape index (κ2) is 6.67. The van der Waals surface area contributed by atoms with Crippen molar-refractivity contribution in [2.24, 2.45) is 5.92 Å². The number of halogens is 2. The molecule has 0 atom stereocenters. The number of carbonyl (C=O) groups is 1. The Bertz CT molecular complexity index is 563. The van der Waals surface area contributed by atoms with Crippen LogP contribution in [0.3, 0.4) is 0 Å². The summed E-state index contributed by atoms with van der Waals surface area (Å²) < 4.78 is 27.9. The third kappa shape index (κ3) is 3.69. The molecule has 0 saturated carbocycles. The molecule has 0 aliphatic carbocycles. The number of piperidine rings is 1. The van der Waals surface area contributed by atoms with E-state index in [1.165, 1.54) is 4.90 Å². The van der Waals surface area contributed by atoms with Crippen LogP contribution in [0.2, 0.25) is 0 Å². The van der Waals surface area contributed by atoms with Crippen LogP contribution in [0.25, 0.3) is 0 Å². The van der Waals surface area contributed by atoms with Crippen molar-refractivity contribution in [3.05, 3.63) is 33.9 Å². The minimum atomic E-state index is -0.948. The average molecular weight is 314 g/mol. The number of aliphatic carboxylic acids is 1. The molecule has 0 aromatic heterocycles. The van der Waals surface area contributed by atoms with Gasteiger partial charge in [-0.3, -0.25) is 14.9 Å². The van der Waals surface area contributed by atoms with E-state index in [1.54, 1.807) is 0 Å². The second-order valence-electron chi connectivity index (χ2n) is 5.38. The first-order chi connectivity index (χ1) is 10.4. The lowest BCUT2D eigenvalue weighted by Crippen LogP contribution is -2.35. The SMILES string of the molecule is O=C(O)CCC1CCN(c2c(F)cc([N+](=O)[O-])cc2F)CC1. The summed E-state index contributed by atoms with van der Waals surface area (Å²) in [4.78, 5) is 21.8. The van der Waals surface area contributed by atoms with Gasteiger partial charge in [0.1, 0.15) is 5.69 Å². The predicted octanol–water partition coefficient (Wildman–Crippen LogP) is 2.95. The zero-order valence-corrected chi connectivity index (χ0v) is 11.8. The lowest BCUT2D eigenvalue weighted by Gasteiger charge is -2.33. The molecule has 1 aliphatic rings. The van der Waals surface area contributed by atoms with Gasteiger partial charge in [-0.25, -0.2) is 8.78 Å². The predicted molar refractivity (Wildman–Crippen MR) is 74.8 cm³/mol. The van der Waals surface area contributed by atoms with Crippen molar-refractivity contribution in [3.63, 3.8) is 0 Å². The molecule has 1 aromatic rings. The van der Waals surface area contributed by atoms with Gasteiger partial charge in [0.05, 0.1) is 17.1 Å². The quantitative estimate of drug-likeness (QED) is 0.667. The Labute approximate surface area is 125 Å². The monoisotopic (exact) mass is 314 g/mol. The maximum absolute atomic E-state index is 13.9. The Morgan fingerprint density at radius 1 is 1.32 bits per heavy atom. The zero-order chi connectivity index (χ0) is 16.3. The van der Waals surface area contributed by atoms with Crippen molar-refractivity contribution in [1.29, 1.82) is 0 Å². The number of non-ortho nitro benzene ring substituents is 1. The van der Waals surface area contributed by atoms with Crippen molar-refractivity contribution in [2.75, 3.05) is 18.0 Å². The molecular weight excluding hydrogens is 298 g/mol. The molecule has 0 radical (unpaired) electrons. The van der Waals surface area contributed by atoms with Crippen LogP contribution in [0.1, 0.15) is 25.7 Å². The summed E-state index contributed by atoms with van der Waals surface area (Å²) in [6, 6.07) is 1.43. The van der Waals surface area contributed by atoms with Gasteiger partial charge in [-0.05, 0) is 25.2 Å². The van der Waals surface area contributed by atoms with Crippen molar-refractivity contribution in [3.8, 4) is 0 Å². The number of anilines is 1. The summed E-state index contributed by atoms with van der Waals surface area (Å²) in [5, 5.41) is 19.2. The molecule has 1 aliphatic heterocycles. The van der Waals surface area contributed by atoms with E-state index in [1.807, 2.05) is 0 Å². The van der Waals surface area contributed by atoms with Gasteiger partial charge in [0.2, 0.25) is 0 Å².